The number of benzene rings is 1. The number of amides is 1. The molecule has 2 N–H and O–H groups in total. The lowest BCUT2D eigenvalue weighted by Crippen LogP contribution is -2.44. The molecule has 1 unspecified atom stereocenters. The lowest BCUT2D eigenvalue weighted by molar-refractivity contribution is -0.129. The highest BCUT2D eigenvalue weighted by Gasteiger charge is 2.27. The van der Waals surface area contributed by atoms with Gasteiger partial charge in [0.1, 0.15) is 0 Å². The van der Waals surface area contributed by atoms with E-state index in [2.05, 4.69) is 15.6 Å². The molecule has 29 heavy (non-hydrogen) atoms. The Balaban J connectivity index is 1.52. The van der Waals surface area contributed by atoms with E-state index in [-0.39, 0.29) is 11.9 Å². The first-order chi connectivity index (χ1) is 13.9. The predicted molar refractivity (Wildman–Crippen MR) is 113 cm³/mol. The van der Waals surface area contributed by atoms with Gasteiger partial charge in [-0.1, -0.05) is 19.1 Å². The molecular formula is C20H31N5O3S. The third-order valence-corrected chi connectivity index (χ3v) is 7.41. The molecule has 2 aliphatic rings. The molecule has 0 aromatic heterocycles. The minimum Gasteiger partial charge on any atom is -0.352 e. The van der Waals surface area contributed by atoms with Gasteiger partial charge in [0.2, 0.25) is 15.9 Å². The molecule has 0 saturated carbocycles. The highest BCUT2D eigenvalue weighted by Crippen LogP contribution is 2.21. The normalized spacial score (nSPS) is 20.8. The number of carbonyl (C=O) groups is 1. The van der Waals surface area contributed by atoms with Gasteiger partial charge in [-0.25, -0.2) is 8.42 Å². The van der Waals surface area contributed by atoms with Crippen molar-refractivity contribution >= 4 is 21.9 Å². The van der Waals surface area contributed by atoms with E-state index in [9.17, 15) is 13.2 Å². The van der Waals surface area contributed by atoms with E-state index in [0.29, 0.717) is 43.5 Å². The summed E-state index contributed by atoms with van der Waals surface area (Å²) in [6, 6.07) is 7.20. The minimum atomic E-state index is -3.38. The summed E-state index contributed by atoms with van der Waals surface area (Å²) in [5, 5.41) is 6.62. The van der Waals surface area contributed by atoms with Crippen molar-refractivity contribution in [1.29, 1.82) is 0 Å². The number of guanidine groups is 1. The Labute approximate surface area is 173 Å². The van der Waals surface area contributed by atoms with Crippen LogP contribution in [0.2, 0.25) is 0 Å². The smallest absolute Gasteiger partial charge is 0.243 e. The molecule has 9 heteroatoms. The van der Waals surface area contributed by atoms with Crippen molar-refractivity contribution in [2.24, 2.45) is 4.99 Å². The zero-order valence-electron chi connectivity index (χ0n) is 17.2. The monoisotopic (exact) mass is 421 g/mol. The Kier molecular flexibility index (Phi) is 7.13. The second-order valence-corrected chi connectivity index (χ2v) is 9.44. The van der Waals surface area contributed by atoms with Crippen LogP contribution in [0.5, 0.6) is 0 Å². The second-order valence-electron chi connectivity index (χ2n) is 7.50. The molecule has 2 saturated heterocycles. The summed E-state index contributed by atoms with van der Waals surface area (Å²) in [6.07, 6.45) is 3.29. The molecule has 0 spiro atoms. The fourth-order valence-electron chi connectivity index (χ4n) is 3.76. The average Bonchev–Trinajstić information content (AvgIpc) is 3.43. The molecule has 160 valence electrons. The number of rotatable bonds is 6. The van der Waals surface area contributed by atoms with Crippen LogP contribution in [0.25, 0.3) is 0 Å². The SMILES string of the molecule is CCC(=O)N1CCC(NC(=NC)NCc2ccc(S(=O)(=O)N3CCCC3)cc2)C1. The summed E-state index contributed by atoms with van der Waals surface area (Å²) in [6.45, 7) is 5.09. The second kappa shape index (κ2) is 9.58. The van der Waals surface area contributed by atoms with Gasteiger partial charge in [0.25, 0.3) is 0 Å². The molecule has 1 aromatic carbocycles. The Morgan fingerprint density at radius 3 is 2.48 bits per heavy atom. The van der Waals surface area contributed by atoms with E-state index in [1.165, 1.54) is 0 Å². The molecule has 1 atom stereocenters. The van der Waals surface area contributed by atoms with E-state index in [1.807, 2.05) is 24.0 Å². The topological polar surface area (TPSA) is 94.1 Å². The van der Waals surface area contributed by atoms with Gasteiger partial charge >= 0.3 is 0 Å². The van der Waals surface area contributed by atoms with Crippen LogP contribution in [0.3, 0.4) is 0 Å². The third-order valence-electron chi connectivity index (χ3n) is 5.49. The first-order valence-electron chi connectivity index (χ1n) is 10.3. The molecule has 8 nitrogen and oxygen atoms in total. The molecule has 0 bridgehead atoms. The number of hydrogen-bond donors (Lipinski definition) is 2. The zero-order chi connectivity index (χ0) is 20.9. The van der Waals surface area contributed by atoms with Crippen LogP contribution in [0.15, 0.2) is 34.2 Å². The Morgan fingerprint density at radius 2 is 1.86 bits per heavy atom. The molecule has 2 aliphatic heterocycles. The Bertz CT molecular complexity index is 832. The molecule has 0 aliphatic carbocycles. The maximum absolute atomic E-state index is 12.6. The fourth-order valence-corrected chi connectivity index (χ4v) is 5.28. The molecular weight excluding hydrogens is 390 g/mol. The van der Waals surface area contributed by atoms with Crippen LogP contribution in [0.1, 0.15) is 38.2 Å². The number of nitrogens with one attached hydrogen (secondary N) is 2. The summed E-state index contributed by atoms with van der Waals surface area (Å²) in [5.74, 6) is 0.857. The highest BCUT2D eigenvalue weighted by molar-refractivity contribution is 7.89. The maximum atomic E-state index is 12.6. The van der Waals surface area contributed by atoms with Gasteiger partial charge in [-0.05, 0) is 37.0 Å². The van der Waals surface area contributed by atoms with Gasteiger partial charge in [0, 0.05) is 52.2 Å². The molecule has 0 radical (unpaired) electrons. The van der Waals surface area contributed by atoms with Crippen molar-refractivity contribution in [3.63, 3.8) is 0 Å². The van der Waals surface area contributed by atoms with Crippen LogP contribution < -0.4 is 10.6 Å². The lowest BCUT2D eigenvalue weighted by Gasteiger charge is -2.19. The number of aliphatic imine (C=N–C) groups is 1. The average molecular weight is 422 g/mol. The summed E-state index contributed by atoms with van der Waals surface area (Å²) in [4.78, 5) is 18.3. The molecule has 3 rings (SSSR count). The Morgan fingerprint density at radius 1 is 1.17 bits per heavy atom. The van der Waals surface area contributed by atoms with E-state index in [4.69, 9.17) is 0 Å². The van der Waals surface area contributed by atoms with Crippen LogP contribution in [-0.2, 0) is 21.4 Å². The summed E-state index contributed by atoms with van der Waals surface area (Å²) < 4.78 is 26.8. The van der Waals surface area contributed by atoms with E-state index in [1.54, 1.807) is 23.5 Å². The van der Waals surface area contributed by atoms with Gasteiger partial charge in [-0.15, -0.1) is 0 Å². The highest BCUT2D eigenvalue weighted by atomic mass is 32.2. The van der Waals surface area contributed by atoms with E-state index < -0.39 is 10.0 Å². The lowest BCUT2D eigenvalue weighted by atomic mass is 10.2. The largest absolute Gasteiger partial charge is 0.352 e. The standard InChI is InChI=1S/C20H31N5O3S/c1-3-19(26)24-13-10-17(15-24)23-20(21-2)22-14-16-6-8-18(9-7-16)29(27,28)25-11-4-5-12-25/h6-9,17H,3-5,10-15H2,1-2H3,(H2,21,22,23). The van der Waals surface area contributed by atoms with E-state index in [0.717, 1.165) is 31.4 Å². The van der Waals surface area contributed by atoms with Crippen molar-refractivity contribution < 1.29 is 13.2 Å². The number of sulfonamides is 1. The van der Waals surface area contributed by atoms with Gasteiger partial charge in [-0.3, -0.25) is 9.79 Å². The minimum absolute atomic E-state index is 0.182. The molecule has 1 aromatic rings. The van der Waals surface area contributed by atoms with Gasteiger partial charge < -0.3 is 15.5 Å². The van der Waals surface area contributed by atoms with Crippen LogP contribution in [0, 0.1) is 0 Å². The number of carbonyl (C=O) groups excluding carboxylic acids is 1. The van der Waals surface area contributed by atoms with Gasteiger partial charge in [0.15, 0.2) is 5.96 Å². The third kappa shape index (κ3) is 5.27. The fraction of sp³-hybridized carbons (Fsp3) is 0.600. The van der Waals surface area contributed by atoms with Gasteiger partial charge in [0.05, 0.1) is 4.90 Å². The van der Waals surface area contributed by atoms with Crippen LogP contribution >= 0.6 is 0 Å². The van der Waals surface area contributed by atoms with E-state index >= 15 is 0 Å². The van der Waals surface area contributed by atoms with Crippen molar-refractivity contribution in [2.75, 3.05) is 33.2 Å². The zero-order valence-corrected chi connectivity index (χ0v) is 18.0. The summed E-state index contributed by atoms with van der Waals surface area (Å²) in [7, 11) is -1.66. The van der Waals surface area contributed by atoms with Crippen molar-refractivity contribution in [3.05, 3.63) is 29.8 Å². The summed E-state index contributed by atoms with van der Waals surface area (Å²) >= 11 is 0. The van der Waals surface area contributed by atoms with Gasteiger partial charge in [-0.2, -0.15) is 4.31 Å². The first-order valence-corrected chi connectivity index (χ1v) is 11.7. The van der Waals surface area contributed by atoms with Crippen LogP contribution in [0.4, 0.5) is 0 Å². The number of likely N-dealkylation sites (tertiary alicyclic amines) is 1. The van der Waals surface area contributed by atoms with Crippen LogP contribution in [-0.4, -0.2) is 68.8 Å². The van der Waals surface area contributed by atoms with Crippen molar-refractivity contribution in [3.8, 4) is 0 Å². The number of hydrogen-bond acceptors (Lipinski definition) is 4. The maximum Gasteiger partial charge on any atom is 0.243 e. The molecule has 1 amide bonds. The predicted octanol–water partition coefficient (Wildman–Crippen LogP) is 1.15. The Hall–Kier alpha value is -2.13. The van der Waals surface area contributed by atoms with Crippen molar-refractivity contribution in [2.45, 2.75) is 50.1 Å². The van der Waals surface area contributed by atoms with Crippen molar-refractivity contribution in [1.82, 2.24) is 19.8 Å². The number of nitrogens with zero attached hydrogens (tertiary/aromatic N) is 3. The first kappa shape index (κ1) is 21.6. The molecule has 2 fully saturated rings. The quantitative estimate of drug-likeness (QED) is 0.531. The molecule has 2 heterocycles. The summed E-state index contributed by atoms with van der Waals surface area (Å²) in [5.41, 5.74) is 0.975.